The molecule has 1 aromatic rings. The van der Waals surface area contributed by atoms with E-state index in [9.17, 15) is 9.59 Å². The summed E-state index contributed by atoms with van der Waals surface area (Å²) in [6.07, 6.45) is 2.45. The summed E-state index contributed by atoms with van der Waals surface area (Å²) in [5.41, 5.74) is -0.126. The molecule has 1 aliphatic rings. The Labute approximate surface area is 109 Å². The van der Waals surface area contributed by atoms with Gasteiger partial charge in [0.25, 0.3) is 0 Å². The van der Waals surface area contributed by atoms with Gasteiger partial charge in [-0.05, 0) is 0 Å². The molecule has 0 saturated carbocycles. The fourth-order valence-corrected chi connectivity index (χ4v) is 1.72. The number of hydrogen-bond acceptors (Lipinski definition) is 6. The van der Waals surface area contributed by atoms with Crippen molar-refractivity contribution in [2.24, 2.45) is 0 Å². The largest absolute Gasteiger partial charge is 0.476 e. The normalized spacial score (nSPS) is 15.1. The van der Waals surface area contributed by atoms with Gasteiger partial charge in [-0.3, -0.25) is 4.79 Å². The zero-order valence-electron chi connectivity index (χ0n) is 10.3. The van der Waals surface area contributed by atoms with Crippen LogP contribution in [0, 0.1) is 0 Å². The van der Waals surface area contributed by atoms with E-state index >= 15 is 0 Å². The number of nitrogens with zero attached hydrogens (tertiary/aromatic N) is 3. The van der Waals surface area contributed by atoms with Crippen molar-refractivity contribution in [3.63, 3.8) is 0 Å². The van der Waals surface area contributed by atoms with Gasteiger partial charge in [0.05, 0.1) is 18.9 Å². The van der Waals surface area contributed by atoms with Crippen LogP contribution < -0.4 is 10.6 Å². The van der Waals surface area contributed by atoms with E-state index in [1.54, 1.807) is 4.90 Å². The van der Waals surface area contributed by atoms with Gasteiger partial charge in [0.15, 0.2) is 5.69 Å². The Morgan fingerprint density at radius 1 is 1.32 bits per heavy atom. The molecule has 2 rings (SSSR count). The molecule has 0 aromatic carbocycles. The number of amides is 1. The molecule has 2 heterocycles. The lowest BCUT2D eigenvalue weighted by Gasteiger charge is -2.27. The molecule has 0 atom stereocenters. The first-order valence-electron chi connectivity index (χ1n) is 5.94. The molecule has 8 heteroatoms. The fraction of sp³-hybridized carbons (Fsp3) is 0.455. The first-order chi connectivity index (χ1) is 9.16. The highest BCUT2D eigenvalue weighted by Gasteiger charge is 2.15. The van der Waals surface area contributed by atoms with E-state index < -0.39 is 5.97 Å². The number of anilines is 1. The second-order valence-electron chi connectivity index (χ2n) is 4.08. The summed E-state index contributed by atoms with van der Waals surface area (Å²) in [7, 11) is 0. The van der Waals surface area contributed by atoms with Crippen LogP contribution in [-0.2, 0) is 4.79 Å². The summed E-state index contributed by atoms with van der Waals surface area (Å²) in [4.78, 5) is 31.8. The molecule has 19 heavy (non-hydrogen) atoms. The van der Waals surface area contributed by atoms with Crippen LogP contribution in [0.15, 0.2) is 12.4 Å². The highest BCUT2D eigenvalue weighted by molar-refractivity contribution is 5.85. The minimum atomic E-state index is -1.13. The Morgan fingerprint density at radius 3 is 2.63 bits per heavy atom. The molecule has 0 aliphatic carbocycles. The highest BCUT2D eigenvalue weighted by atomic mass is 16.4. The standard InChI is InChI=1S/C11H15N5O3/c17-10(16-3-1-12-2-4-16)7-15-9-6-13-8(5-14-9)11(18)19/h5-6,12H,1-4,7H2,(H,14,15)(H,18,19). The van der Waals surface area contributed by atoms with Crippen LogP contribution in [0.25, 0.3) is 0 Å². The molecule has 1 saturated heterocycles. The van der Waals surface area contributed by atoms with Gasteiger partial charge in [0, 0.05) is 26.2 Å². The number of carboxylic acids is 1. The average Bonchev–Trinajstić information content (AvgIpc) is 2.46. The van der Waals surface area contributed by atoms with E-state index in [4.69, 9.17) is 5.11 Å². The molecule has 0 spiro atoms. The van der Waals surface area contributed by atoms with Crippen molar-refractivity contribution in [2.45, 2.75) is 0 Å². The van der Waals surface area contributed by atoms with Gasteiger partial charge < -0.3 is 20.6 Å². The van der Waals surface area contributed by atoms with Crippen molar-refractivity contribution >= 4 is 17.7 Å². The van der Waals surface area contributed by atoms with Crippen molar-refractivity contribution in [2.75, 3.05) is 38.0 Å². The van der Waals surface area contributed by atoms with Gasteiger partial charge in [-0.15, -0.1) is 0 Å². The lowest BCUT2D eigenvalue weighted by Crippen LogP contribution is -2.48. The van der Waals surface area contributed by atoms with E-state index in [0.717, 1.165) is 19.3 Å². The highest BCUT2D eigenvalue weighted by Crippen LogP contribution is 2.01. The molecule has 102 valence electrons. The number of carbonyl (C=O) groups is 2. The van der Waals surface area contributed by atoms with Crippen molar-refractivity contribution in [1.82, 2.24) is 20.2 Å². The minimum absolute atomic E-state index is 0.00869. The predicted octanol–water partition coefficient (Wildman–Crippen LogP) is -0.981. The Kier molecular flexibility index (Phi) is 4.24. The summed E-state index contributed by atoms with van der Waals surface area (Å²) in [6, 6.07) is 0. The summed E-state index contributed by atoms with van der Waals surface area (Å²) < 4.78 is 0. The molecule has 0 unspecified atom stereocenters. The van der Waals surface area contributed by atoms with Crippen LogP contribution in [0.4, 0.5) is 5.82 Å². The van der Waals surface area contributed by atoms with E-state index in [1.807, 2.05) is 0 Å². The molecule has 0 bridgehead atoms. The Hall–Kier alpha value is -2.22. The average molecular weight is 265 g/mol. The fourth-order valence-electron chi connectivity index (χ4n) is 1.72. The summed E-state index contributed by atoms with van der Waals surface area (Å²) >= 11 is 0. The maximum atomic E-state index is 11.8. The summed E-state index contributed by atoms with van der Waals surface area (Å²) in [5, 5.41) is 14.7. The van der Waals surface area contributed by atoms with Crippen molar-refractivity contribution < 1.29 is 14.7 Å². The first kappa shape index (κ1) is 13.2. The molecule has 1 aromatic heterocycles. The molecular weight excluding hydrogens is 250 g/mol. The topological polar surface area (TPSA) is 107 Å². The van der Waals surface area contributed by atoms with Gasteiger partial charge in [0.1, 0.15) is 5.82 Å². The Morgan fingerprint density at radius 2 is 2.05 bits per heavy atom. The maximum absolute atomic E-state index is 11.8. The van der Waals surface area contributed by atoms with Crippen LogP contribution in [0.2, 0.25) is 0 Å². The van der Waals surface area contributed by atoms with Gasteiger partial charge in [-0.1, -0.05) is 0 Å². The van der Waals surface area contributed by atoms with Crippen LogP contribution in [0.3, 0.4) is 0 Å². The molecule has 1 fully saturated rings. The Balaban J connectivity index is 1.84. The van der Waals surface area contributed by atoms with E-state index in [-0.39, 0.29) is 18.1 Å². The quantitative estimate of drug-likeness (QED) is 0.642. The van der Waals surface area contributed by atoms with E-state index in [2.05, 4.69) is 20.6 Å². The number of rotatable bonds is 4. The van der Waals surface area contributed by atoms with Crippen molar-refractivity contribution in [1.29, 1.82) is 0 Å². The predicted molar refractivity (Wildman–Crippen MR) is 66.9 cm³/mol. The van der Waals surface area contributed by atoms with Crippen LogP contribution in [0.5, 0.6) is 0 Å². The third-order valence-corrected chi connectivity index (χ3v) is 2.76. The minimum Gasteiger partial charge on any atom is -0.476 e. The zero-order chi connectivity index (χ0) is 13.7. The van der Waals surface area contributed by atoms with Crippen LogP contribution in [-0.4, -0.2) is 64.6 Å². The number of nitrogens with one attached hydrogen (secondary N) is 2. The third kappa shape index (κ3) is 3.62. The summed E-state index contributed by atoms with van der Waals surface area (Å²) in [6.45, 7) is 3.13. The number of carboxylic acid groups (broad SMARTS) is 1. The van der Waals surface area contributed by atoms with Gasteiger partial charge >= 0.3 is 5.97 Å². The van der Waals surface area contributed by atoms with E-state index in [1.165, 1.54) is 6.20 Å². The number of piperazine rings is 1. The summed E-state index contributed by atoms with van der Waals surface area (Å²) in [5.74, 6) is -0.755. The van der Waals surface area contributed by atoms with Gasteiger partial charge in [-0.25, -0.2) is 14.8 Å². The number of aromatic carboxylic acids is 1. The van der Waals surface area contributed by atoms with Crippen molar-refractivity contribution in [3.8, 4) is 0 Å². The smallest absolute Gasteiger partial charge is 0.356 e. The second kappa shape index (κ2) is 6.10. The molecule has 1 amide bonds. The zero-order valence-corrected chi connectivity index (χ0v) is 10.3. The van der Waals surface area contributed by atoms with Gasteiger partial charge in [-0.2, -0.15) is 0 Å². The lowest BCUT2D eigenvalue weighted by molar-refractivity contribution is -0.129. The van der Waals surface area contributed by atoms with Crippen LogP contribution in [0.1, 0.15) is 10.5 Å². The third-order valence-electron chi connectivity index (χ3n) is 2.76. The Bertz CT molecular complexity index is 456. The lowest BCUT2D eigenvalue weighted by atomic mass is 10.3. The van der Waals surface area contributed by atoms with Gasteiger partial charge in [0.2, 0.25) is 5.91 Å². The van der Waals surface area contributed by atoms with E-state index in [0.29, 0.717) is 18.9 Å². The molecular formula is C11H15N5O3. The number of aromatic nitrogens is 2. The van der Waals surface area contributed by atoms with Crippen LogP contribution >= 0.6 is 0 Å². The molecule has 8 nitrogen and oxygen atoms in total. The molecule has 0 radical (unpaired) electrons. The SMILES string of the molecule is O=C(O)c1cnc(NCC(=O)N2CCNCC2)cn1. The second-order valence-corrected chi connectivity index (χ2v) is 4.08. The molecule has 1 aliphatic heterocycles. The number of carbonyl (C=O) groups excluding carboxylic acids is 1. The molecule has 3 N–H and O–H groups in total. The van der Waals surface area contributed by atoms with Crippen molar-refractivity contribution in [3.05, 3.63) is 18.1 Å². The number of hydrogen-bond donors (Lipinski definition) is 3. The first-order valence-corrected chi connectivity index (χ1v) is 5.94. The maximum Gasteiger partial charge on any atom is 0.356 e. The monoisotopic (exact) mass is 265 g/mol.